The molecule has 1 amide bonds. The maximum Gasteiger partial charge on any atom is 0.307 e. The lowest BCUT2D eigenvalue weighted by atomic mass is 10.1. The highest BCUT2D eigenvalue weighted by Crippen LogP contribution is 2.16. The predicted molar refractivity (Wildman–Crippen MR) is 80.7 cm³/mol. The summed E-state index contributed by atoms with van der Waals surface area (Å²) in [5, 5.41) is 15.4. The van der Waals surface area contributed by atoms with Crippen LogP contribution in [0.15, 0.2) is 28.8 Å². The average molecular weight is 302 g/mol. The van der Waals surface area contributed by atoms with Crippen LogP contribution in [0.1, 0.15) is 29.0 Å². The number of carboxylic acid groups (broad SMARTS) is 1. The number of benzene rings is 1. The van der Waals surface area contributed by atoms with Crippen LogP contribution < -0.4 is 5.32 Å². The molecule has 2 aromatic rings. The fourth-order valence-corrected chi connectivity index (χ4v) is 2.25. The number of aliphatic carboxylic acids is 1. The van der Waals surface area contributed by atoms with Gasteiger partial charge in [-0.3, -0.25) is 9.59 Å². The maximum absolute atomic E-state index is 12.0. The Bertz CT molecular complexity index is 672. The Morgan fingerprint density at radius 2 is 2.09 bits per heavy atom. The molecule has 22 heavy (non-hydrogen) atoms. The van der Waals surface area contributed by atoms with E-state index in [1.807, 2.05) is 13.8 Å². The van der Waals surface area contributed by atoms with Crippen molar-refractivity contribution in [3.05, 3.63) is 46.8 Å². The topological polar surface area (TPSA) is 92.4 Å². The zero-order chi connectivity index (χ0) is 16.1. The number of nitrogens with zero attached hydrogens (tertiary/aromatic N) is 1. The molecule has 0 aliphatic carbocycles. The minimum Gasteiger partial charge on any atom is -0.481 e. The Morgan fingerprint density at radius 3 is 2.73 bits per heavy atom. The highest BCUT2D eigenvalue weighted by Gasteiger charge is 2.11. The number of anilines is 1. The Balaban J connectivity index is 1.93. The number of nitrogens with one attached hydrogen (secondary N) is 1. The largest absolute Gasteiger partial charge is 0.481 e. The first kappa shape index (κ1) is 15.8. The molecule has 0 spiro atoms. The molecule has 0 atom stereocenters. The Morgan fingerprint density at radius 1 is 1.32 bits per heavy atom. The van der Waals surface area contributed by atoms with Gasteiger partial charge >= 0.3 is 5.97 Å². The van der Waals surface area contributed by atoms with Crippen molar-refractivity contribution >= 4 is 17.6 Å². The molecule has 0 bridgehead atoms. The van der Waals surface area contributed by atoms with E-state index in [1.165, 1.54) is 0 Å². The molecule has 0 saturated heterocycles. The van der Waals surface area contributed by atoms with E-state index in [1.54, 1.807) is 24.3 Å². The van der Waals surface area contributed by atoms with E-state index >= 15 is 0 Å². The van der Waals surface area contributed by atoms with E-state index in [4.69, 9.17) is 9.63 Å². The number of amides is 1. The summed E-state index contributed by atoms with van der Waals surface area (Å²) >= 11 is 0. The first-order valence-corrected chi connectivity index (χ1v) is 6.98. The van der Waals surface area contributed by atoms with Crippen LogP contribution in [0.5, 0.6) is 0 Å². The van der Waals surface area contributed by atoms with Gasteiger partial charge in [0.15, 0.2) is 0 Å². The molecule has 6 nitrogen and oxygen atoms in total. The summed E-state index contributed by atoms with van der Waals surface area (Å²) in [6.07, 6.45) is 0.802. The minimum absolute atomic E-state index is 0.0667. The number of hydrogen-bond donors (Lipinski definition) is 2. The molecule has 1 aromatic heterocycles. The second kappa shape index (κ2) is 6.89. The molecule has 0 saturated carbocycles. The molecule has 2 rings (SSSR count). The molecule has 0 fully saturated rings. The summed E-state index contributed by atoms with van der Waals surface area (Å²) in [7, 11) is 0. The van der Waals surface area contributed by atoms with E-state index in [0.717, 1.165) is 17.0 Å². The summed E-state index contributed by atoms with van der Waals surface area (Å²) in [6.45, 7) is 3.67. The van der Waals surface area contributed by atoms with Gasteiger partial charge in [-0.25, -0.2) is 0 Å². The molecular weight excluding hydrogens is 284 g/mol. The van der Waals surface area contributed by atoms with Crippen molar-refractivity contribution in [3.63, 3.8) is 0 Å². The number of aryl methyl sites for hydroxylation is 2. The van der Waals surface area contributed by atoms with E-state index < -0.39 is 5.97 Å². The van der Waals surface area contributed by atoms with Crippen LogP contribution in [0.4, 0.5) is 5.69 Å². The minimum atomic E-state index is -0.901. The van der Waals surface area contributed by atoms with Crippen molar-refractivity contribution in [2.45, 2.75) is 33.1 Å². The van der Waals surface area contributed by atoms with E-state index in [-0.39, 0.29) is 12.3 Å². The fourth-order valence-electron chi connectivity index (χ4n) is 2.25. The lowest BCUT2D eigenvalue weighted by Gasteiger charge is -2.06. The van der Waals surface area contributed by atoms with Gasteiger partial charge in [0.2, 0.25) is 5.91 Å². The van der Waals surface area contributed by atoms with Gasteiger partial charge in [0, 0.05) is 17.7 Å². The van der Waals surface area contributed by atoms with Crippen molar-refractivity contribution in [2.24, 2.45) is 0 Å². The quantitative estimate of drug-likeness (QED) is 0.855. The number of hydrogen-bond acceptors (Lipinski definition) is 4. The molecule has 1 aromatic carbocycles. The average Bonchev–Trinajstić information content (AvgIpc) is 2.75. The maximum atomic E-state index is 12.0. The van der Waals surface area contributed by atoms with Crippen molar-refractivity contribution in [1.29, 1.82) is 0 Å². The first-order valence-electron chi connectivity index (χ1n) is 6.98. The zero-order valence-corrected chi connectivity index (χ0v) is 12.5. The van der Waals surface area contributed by atoms with Crippen molar-refractivity contribution in [1.82, 2.24) is 5.16 Å². The predicted octanol–water partition coefficient (Wildman–Crippen LogP) is 2.49. The zero-order valence-electron chi connectivity index (χ0n) is 12.5. The Hall–Kier alpha value is -2.63. The monoisotopic (exact) mass is 302 g/mol. The standard InChI is InChI=1S/C16H18N2O4/c1-10-14(11(2)22-18-10)6-7-15(19)17-13-5-3-4-12(8-13)9-16(20)21/h3-5,8H,6-7,9H2,1-2H3,(H,17,19)(H,20,21). The number of carbonyl (C=O) groups is 2. The summed E-state index contributed by atoms with van der Waals surface area (Å²) in [6, 6.07) is 6.84. The van der Waals surface area contributed by atoms with Gasteiger partial charge in [-0.1, -0.05) is 17.3 Å². The third-order valence-electron chi connectivity index (χ3n) is 3.35. The third-order valence-corrected chi connectivity index (χ3v) is 3.35. The normalized spacial score (nSPS) is 10.5. The van der Waals surface area contributed by atoms with Gasteiger partial charge < -0.3 is 14.9 Å². The van der Waals surface area contributed by atoms with E-state index in [0.29, 0.717) is 24.1 Å². The molecule has 1 heterocycles. The first-order chi connectivity index (χ1) is 10.5. The lowest BCUT2D eigenvalue weighted by Crippen LogP contribution is -2.13. The van der Waals surface area contributed by atoms with Crippen LogP contribution in [0.3, 0.4) is 0 Å². The van der Waals surface area contributed by atoms with E-state index in [9.17, 15) is 9.59 Å². The second-order valence-electron chi connectivity index (χ2n) is 5.12. The van der Waals surface area contributed by atoms with Crippen LogP contribution in [-0.2, 0) is 22.4 Å². The van der Waals surface area contributed by atoms with Crippen molar-refractivity contribution in [2.75, 3.05) is 5.32 Å². The van der Waals surface area contributed by atoms with Crippen LogP contribution in [0, 0.1) is 13.8 Å². The van der Waals surface area contributed by atoms with Crippen LogP contribution in [0.2, 0.25) is 0 Å². The molecule has 116 valence electrons. The summed E-state index contributed by atoms with van der Waals surface area (Å²) in [5.74, 6) is -0.303. The van der Waals surface area contributed by atoms with Crippen molar-refractivity contribution < 1.29 is 19.2 Å². The fraction of sp³-hybridized carbons (Fsp3) is 0.312. The molecule has 0 aliphatic rings. The van der Waals surface area contributed by atoms with E-state index in [2.05, 4.69) is 10.5 Å². The van der Waals surface area contributed by atoms with Crippen LogP contribution >= 0.6 is 0 Å². The number of carbonyl (C=O) groups excluding carboxylic acids is 1. The highest BCUT2D eigenvalue weighted by atomic mass is 16.5. The van der Waals surface area contributed by atoms with Crippen molar-refractivity contribution in [3.8, 4) is 0 Å². The Labute approximate surface area is 128 Å². The molecule has 0 unspecified atom stereocenters. The highest BCUT2D eigenvalue weighted by molar-refractivity contribution is 5.91. The van der Waals surface area contributed by atoms with Gasteiger partial charge in [-0.05, 0) is 38.0 Å². The smallest absolute Gasteiger partial charge is 0.307 e. The molecule has 0 aliphatic heterocycles. The molecular formula is C16H18N2O4. The summed E-state index contributed by atoms with van der Waals surface area (Å²) < 4.78 is 5.06. The van der Waals surface area contributed by atoms with Crippen LogP contribution in [0.25, 0.3) is 0 Å². The Kier molecular flexibility index (Phi) is 4.93. The third kappa shape index (κ3) is 4.18. The number of rotatable bonds is 6. The summed E-state index contributed by atoms with van der Waals surface area (Å²) in [4.78, 5) is 22.7. The number of aromatic nitrogens is 1. The van der Waals surface area contributed by atoms with Gasteiger partial charge in [0.25, 0.3) is 0 Å². The summed E-state index contributed by atoms with van der Waals surface area (Å²) in [5.41, 5.74) is 3.00. The second-order valence-corrected chi connectivity index (χ2v) is 5.12. The van der Waals surface area contributed by atoms with Gasteiger partial charge in [-0.2, -0.15) is 0 Å². The van der Waals surface area contributed by atoms with Crippen LogP contribution in [-0.4, -0.2) is 22.1 Å². The molecule has 6 heteroatoms. The van der Waals surface area contributed by atoms with Gasteiger partial charge in [0.1, 0.15) is 5.76 Å². The number of carboxylic acids is 1. The molecule has 2 N–H and O–H groups in total. The van der Waals surface area contributed by atoms with Gasteiger partial charge in [-0.15, -0.1) is 0 Å². The SMILES string of the molecule is Cc1noc(C)c1CCC(=O)Nc1cccc(CC(=O)O)c1. The molecule has 0 radical (unpaired) electrons. The lowest BCUT2D eigenvalue weighted by molar-refractivity contribution is -0.136. The van der Waals surface area contributed by atoms with Gasteiger partial charge in [0.05, 0.1) is 12.1 Å².